The lowest BCUT2D eigenvalue weighted by molar-refractivity contribution is -0.936. The number of rotatable bonds is 7. The molecule has 3 N–H and O–H groups in total. The van der Waals surface area contributed by atoms with E-state index in [4.69, 9.17) is 11.1 Å². The lowest BCUT2D eigenvalue weighted by atomic mass is 10.2. The van der Waals surface area contributed by atoms with Crippen molar-refractivity contribution in [3.05, 3.63) is 35.9 Å². The number of hydrogen-bond acceptors (Lipinski definition) is 3. The van der Waals surface area contributed by atoms with Gasteiger partial charge in [-0.3, -0.25) is 5.41 Å². The highest BCUT2D eigenvalue weighted by Crippen LogP contribution is 2.13. The van der Waals surface area contributed by atoms with Gasteiger partial charge in [0.25, 0.3) is 0 Å². The number of aliphatic carboxylic acids is 1. The number of carboxylic acids is 1. The predicted octanol–water partition coefficient (Wildman–Crippen LogP) is 0.625. The third kappa shape index (κ3) is 8.21. The standard InChI is InChI=1S/C13H22N.C4H9N3O2/c1-4-14(5-2,6-3)12-13-10-8-7-9-11-13;1-7(4(5)6)2-3(8)9/h7-11H,4-6,12H2,1-3H3;2H2,1H3,(H3,5,6)(H,8,9)/q+1;/p-1. The Bertz CT molecular complexity index is 464. The van der Waals surface area contributed by atoms with Crippen molar-refractivity contribution in [2.24, 2.45) is 5.73 Å². The van der Waals surface area contributed by atoms with Crippen LogP contribution >= 0.6 is 0 Å². The van der Waals surface area contributed by atoms with Crippen LogP contribution in [0.5, 0.6) is 0 Å². The molecule has 0 aliphatic carbocycles. The van der Waals surface area contributed by atoms with Crippen molar-refractivity contribution in [3.63, 3.8) is 0 Å². The van der Waals surface area contributed by atoms with E-state index in [2.05, 4.69) is 51.1 Å². The van der Waals surface area contributed by atoms with Gasteiger partial charge < -0.3 is 25.0 Å². The van der Waals surface area contributed by atoms with Crippen molar-refractivity contribution in [2.75, 3.05) is 33.2 Å². The highest BCUT2D eigenvalue weighted by molar-refractivity contribution is 5.79. The number of likely N-dealkylation sites (N-methyl/N-ethyl adjacent to an activating group) is 1. The van der Waals surface area contributed by atoms with Gasteiger partial charge in [0.05, 0.1) is 32.1 Å². The molecular weight excluding hydrogens is 292 g/mol. The fourth-order valence-corrected chi connectivity index (χ4v) is 2.26. The molecule has 130 valence electrons. The van der Waals surface area contributed by atoms with Gasteiger partial charge in [0, 0.05) is 12.6 Å². The summed E-state index contributed by atoms with van der Waals surface area (Å²) in [7, 11) is 1.40. The molecule has 6 heteroatoms. The second-order valence-corrected chi connectivity index (χ2v) is 5.55. The van der Waals surface area contributed by atoms with Gasteiger partial charge in [0.1, 0.15) is 6.54 Å². The maximum Gasteiger partial charge on any atom is 0.188 e. The van der Waals surface area contributed by atoms with E-state index in [0.29, 0.717) is 0 Å². The van der Waals surface area contributed by atoms with Gasteiger partial charge in [-0.1, -0.05) is 30.3 Å². The molecule has 1 rings (SSSR count). The Morgan fingerprint density at radius 2 is 1.65 bits per heavy atom. The molecule has 0 atom stereocenters. The number of carboxylic acid groups (broad SMARTS) is 1. The topological polar surface area (TPSA) is 93.2 Å². The van der Waals surface area contributed by atoms with E-state index in [1.54, 1.807) is 0 Å². The zero-order valence-corrected chi connectivity index (χ0v) is 14.7. The van der Waals surface area contributed by atoms with Crippen LogP contribution in [-0.4, -0.2) is 54.5 Å². The number of guanidine groups is 1. The largest absolute Gasteiger partial charge is 0.548 e. The van der Waals surface area contributed by atoms with Crippen LogP contribution in [0.15, 0.2) is 30.3 Å². The summed E-state index contributed by atoms with van der Waals surface area (Å²) in [4.78, 5) is 10.9. The lowest BCUT2D eigenvalue weighted by Crippen LogP contribution is -2.46. The van der Waals surface area contributed by atoms with E-state index in [1.807, 2.05) is 0 Å². The molecule has 0 radical (unpaired) electrons. The molecule has 1 aromatic carbocycles. The first-order chi connectivity index (χ1) is 10.8. The fourth-order valence-electron chi connectivity index (χ4n) is 2.26. The number of nitrogens with two attached hydrogens (primary N) is 1. The molecule has 0 aromatic heterocycles. The molecule has 1 aromatic rings. The zero-order valence-electron chi connectivity index (χ0n) is 14.7. The van der Waals surface area contributed by atoms with Crippen LogP contribution < -0.4 is 10.8 Å². The van der Waals surface area contributed by atoms with E-state index in [-0.39, 0.29) is 12.5 Å². The number of carbonyl (C=O) groups is 1. The van der Waals surface area contributed by atoms with Crippen molar-refractivity contribution in [1.82, 2.24) is 4.90 Å². The van der Waals surface area contributed by atoms with Crippen molar-refractivity contribution >= 4 is 11.9 Å². The predicted molar refractivity (Wildman–Crippen MR) is 91.6 cm³/mol. The molecule has 0 aliphatic heterocycles. The summed E-state index contributed by atoms with van der Waals surface area (Å²) in [6.07, 6.45) is 0. The molecule has 6 nitrogen and oxygen atoms in total. The molecular formula is C17H30N4O2. The Hall–Kier alpha value is -2.08. The number of nitrogens with one attached hydrogen (secondary N) is 1. The van der Waals surface area contributed by atoms with Gasteiger partial charge in [-0.05, 0) is 20.8 Å². The Labute approximate surface area is 139 Å². The van der Waals surface area contributed by atoms with Gasteiger partial charge in [-0.2, -0.15) is 0 Å². The molecule has 0 fully saturated rings. The van der Waals surface area contributed by atoms with E-state index >= 15 is 0 Å². The Morgan fingerprint density at radius 3 is 1.96 bits per heavy atom. The van der Waals surface area contributed by atoms with Gasteiger partial charge in [-0.15, -0.1) is 0 Å². The molecule has 23 heavy (non-hydrogen) atoms. The van der Waals surface area contributed by atoms with Crippen LogP contribution in [0.4, 0.5) is 0 Å². The number of hydrogen-bond donors (Lipinski definition) is 2. The number of nitrogens with zero attached hydrogens (tertiary/aromatic N) is 2. The summed E-state index contributed by atoms with van der Waals surface area (Å²) in [5.74, 6) is -1.52. The summed E-state index contributed by atoms with van der Waals surface area (Å²) >= 11 is 0. The first-order valence-electron chi connectivity index (χ1n) is 7.94. The monoisotopic (exact) mass is 322 g/mol. The molecule has 0 saturated carbocycles. The van der Waals surface area contributed by atoms with Crippen LogP contribution in [0.1, 0.15) is 26.3 Å². The van der Waals surface area contributed by atoms with Gasteiger partial charge in [0.2, 0.25) is 0 Å². The molecule has 0 unspecified atom stereocenters. The summed E-state index contributed by atoms with van der Waals surface area (Å²) in [5.41, 5.74) is 6.36. The summed E-state index contributed by atoms with van der Waals surface area (Å²) in [6.45, 7) is 11.4. The van der Waals surface area contributed by atoms with Crippen molar-refractivity contribution < 1.29 is 14.4 Å². The average molecular weight is 322 g/mol. The maximum absolute atomic E-state index is 9.81. The average Bonchev–Trinajstić information content (AvgIpc) is 2.53. The second-order valence-electron chi connectivity index (χ2n) is 5.55. The highest BCUT2D eigenvalue weighted by Gasteiger charge is 2.20. The van der Waals surface area contributed by atoms with E-state index in [0.717, 1.165) is 4.90 Å². The lowest BCUT2D eigenvalue weighted by Gasteiger charge is -2.35. The van der Waals surface area contributed by atoms with Crippen molar-refractivity contribution in [1.29, 1.82) is 5.41 Å². The quantitative estimate of drug-likeness (QED) is 0.437. The third-order valence-corrected chi connectivity index (χ3v) is 4.15. The first-order valence-corrected chi connectivity index (χ1v) is 7.94. The Balaban J connectivity index is 0.000000468. The van der Waals surface area contributed by atoms with Gasteiger partial charge >= 0.3 is 0 Å². The number of carbonyl (C=O) groups excluding carboxylic acids is 1. The highest BCUT2D eigenvalue weighted by atomic mass is 16.4. The minimum absolute atomic E-state index is 0.279. The van der Waals surface area contributed by atoms with Gasteiger partial charge in [-0.25, -0.2) is 0 Å². The maximum atomic E-state index is 9.81. The minimum Gasteiger partial charge on any atom is -0.548 e. The van der Waals surface area contributed by atoms with E-state index < -0.39 is 5.97 Å². The first kappa shape index (κ1) is 20.9. The Morgan fingerprint density at radius 1 is 1.17 bits per heavy atom. The van der Waals surface area contributed by atoms with Gasteiger partial charge in [0.15, 0.2) is 5.96 Å². The molecule has 0 aliphatic rings. The normalized spacial score (nSPS) is 10.4. The van der Waals surface area contributed by atoms with Crippen LogP contribution in [0.25, 0.3) is 0 Å². The smallest absolute Gasteiger partial charge is 0.188 e. The Kier molecular flexibility index (Phi) is 9.65. The molecule has 0 bridgehead atoms. The zero-order chi connectivity index (χ0) is 17.9. The summed E-state index contributed by atoms with van der Waals surface area (Å²) < 4.78 is 1.20. The second kappa shape index (κ2) is 10.6. The summed E-state index contributed by atoms with van der Waals surface area (Å²) in [6, 6.07) is 10.8. The molecule has 0 spiro atoms. The minimum atomic E-state index is -1.24. The third-order valence-electron chi connectivity index (χ3n) is 4.15. The fraction of sp³-hybridized carbons (Fsp3) is 0.529. The van der Waals surface area contributed by atoms with Crippen LogP contribution in [0.3, 0.4) is 0 Å². The van der Waals surface area contributed by atoms with Crippen molar-refractivity contribution in [3.8, 4) is 0 Å². The van der Waals surface area contributed by atoms with Crippen LogP contribution in [0, 0.1) is 5.41 Å². The molecule has 0 amide bonds. The van der Waals surface area contributed by atoms with Crippen LogP contribution in [0.2, 0.25) is 0 Å². The molecule has 0 heterocycles. The summed E-state index contributed by atoms with van der Waals surface area (Å²) in [5, 5.41) is 16.5. The molecule has 0 saturated heterocycles. The van der Waals surface area contributed by atoms with Crippen molar-refractivity contribution in [2.45, 2.75) is 27.3 Å². The number of quaternary nitrogens is 1. The van der Waals surface area contributed by atoms with E-state index in [1.165, 1.54) is 43.3 Å². The van der Waals surface area contributed by atoms with E-state index in [9.17, 15) is 9.90 Å². The SMILES string of the molecule is CC[N+](CC)(CC)Cc1ccccc1.CN(CC(=O)[O-])C(=N)N. The number of benzene rings is 1. The van der Waals surface area contributed by atoms with Crippen LogP contribution in [-0.2, 0) is 11.3 Å².